The van der Waals surface area contributed by atoms with Crippen LogP contribution in [0.15, 0.2) is 36.4 Å². The summed E-state index contributed by atoms with van der Waals surface area (Å²) in [5.74, 6) is -0.505. The van der Waals surface area contributed by atoms with Crippen molar-refractivity contribution < 1.29 is 19.6 Å². The van der Waals surface area contributed by atoms with Gasteiger partial charge in [0, 0.05) is 11.6 Å². The van der Waals surface area contributed by atoms with Gasteiger partial charge in [-0.1, -0.05) is 17.4 Å². The van der Waals surface area contributed by atoms with Crippen molar-refractivity contribution in [2.24, 2.45) is 0 Å². The van der Waals surface area contributed by atoms with Crippen LogP contribution in [0.4, 0.5) is 10.8 Å². The minimum atomic E-state index is -0.725. The summed E-state index contributed by atoms with van der Waals surface area (Å²) in [6, 6.07) is 8.82. The Labute approximate surface area is 139 Å². The zero-order chi connectivity index (χ0) is 17.3. The summed E-state index contributed by atoms with van der Waals surface area (Å²) in [5.41, 5.74) is 0.257. The summed E-state index contributed by atoms with van der Waals surface area (Å²) in [7, 11) is 1.53. The number of phenolic OH excluding ortho intramolecular Hbond substituents is 1. The molecular weight excluding hydrogens is 334 g/mol. The number of nitro benzene ring substituents is 1. The molecule has 0 atom stereocenters. The third kappa shape index (κ3) is 2.84. The average Bonchev–Trinajstić information content (AvgIpc) is 2.96. The summed E-state index contributed by atoms with van der Waals surface area (Å²) < 4.78 is 6.06. The SMILES string of the molecule is COc1cccc2sc(NC(=O)c3ccc([N+](=O)[O-])c(O)c3)nc12. The lowest BCUT2D eigenvalue weighted by Gasteiger charge is -2.02. The molecule has 9 heteroatoms. The van der Waals surface area contributed by atoms with Crippen molar-refractivity contribution in [2.45, 2.75) is 0 Å². The zero-order valence-electron chi connectivity index (χ0n) is 12.3. The molecule has 8 nitrogen and oxygen atoms in total. The Hall–Kier alpha value is -3.20. The lowest BCUT2D eigenvalue weighted by atomic mass is 10.2. The van der Waals surface area contributed by atoms with Gasteiger partial charge in [-0.15, -0.1) is 0 Å². The molecule has 3 aromatic rings. The van der Waals surface area contributed by atoms with Crippen molar-refractivity contribution in [1.82, 2.24) is 4.98 Å². The monoisotopic (exact) mass is 345 g/mol. The number of rotatable bonds is 4. The first-order valence-electron chi connectivity index (χ1n) is 6.72. The van der Waals surface area contributed by atoms with Gasteiger partial charge in [-0.2, -0.15) is 0 Å². The van der Waals surface area contributed by atoms with E-state index < -0.39 is 22.3 Å². The van der Waals surface area contributed by atoms with E-state index in [1.807, 2.05) is 12.1 Å². The normalized spacial score (nSPS) is 10.5. The summed E-state index contributed by atoms with van der Waals surface area (Å²) in [6.07, 6.45) is 0. The maximum Gasteiger partial charge on any atom is 0.310 e. The fourth-order valence-corrected chi connectivity index (χ4v) is 3.01. The molecule has 0 saturated heterocycles. The van der Waals surface area contributed by atoms with Crippen molar-refractivity contribution in [3.05, 3.63) is 52.1 Å². The number of phenols is 1. The molecule has 0 aliphatic heterocycles. The van der Waals surface area contributed by atoms with Crippen LogP contribution in [0.1, 0.15) is 10.4 Å². The number of benzene rings is 2. The number of ether oxygens (including phenoxy) is 1. The minimum Gasteiger partial charge on any atom is -0.502 e. The number of carbonyl (C=O) groups excluding carboxylic acids is 1. The van der Waals surface area contributed by atoms with Gasteiger partial charge in [0.1, 0.15) is 11.3 Å². The van der Waals surface area contributed by atoms with Crippen LogP contribution in [0.3, 0.4) is 0 Å². The quantitative estimate of drug-likeness (QED) is 0.554. The molecule has 0 radical (unpaired) electrons. The number of nitrogens with zero attached hydrogens (tertiary/aromatic N) is 2. The van der Waals surface area contributed by atoms with Crippen LogP contribution in [0.2, 0.25) is 0 Å². The molecule has 0 unspecified atom stereocenters. The molecule has 1 amide bonds. The van der Waals surface area contributed by atoms with Gasteiger partial charge in [-0.3, -0.25) is 20.2 Å². The van der Waals surface area contributed by atoms with Crippen molar-refractivity contribution in [3.8, 4) is 11.5 Å². The molecule has 0 bridgehead atoms. The Bertz CT molecular complexity index is 953. The lowest BCUT2D eigenvalue weighted by Crippen LogP contribution is -2.11. The summed E-state index contributed by atoms with van der Waals surface area (Å²) >= 11 is 1.27. The van der Waals surface area contributed by atoms with Crippen molar-refractivity contribution >= 4 is 38.3 Å². The molecule has 24 heavy (non-hydrogen) atoms. The van der Waals surface area contributed by atoms with E-state index in [2.05, 4.69) is 10.3 Å². The average molecular weight is 345 g/mol. The van der Waals surface area contributed by atoms with Crippen LogP contribution >= 0.6 is 11.3 Å². The van der Waals surface area contributed by atoms with Crippen molar-refractivity contribution in [3.63, 3.8) is 0 Å². The number of aromatic nitrogens is 1. The highest BCUT2D eigenvalue weighted by molar-refractivity contribution is 7.22. The fourth-order valence-electron chi connectivity index (χ4n) is 2.13. The number of amides is 1. The molecule has 1 aromatic heterocycles. The smallest absolute Gasteiger partial charge is 0.310 e. The topological polar surface area (TPSA) is 115 Å². The Morgan fingerprint density at radius 2 is 2.17 bits per heavy atom. The zero-order valence-corrected chi connectivity index (χ0v) is 13.2. The highest BCUT2D eigenvalue weighted by Crippen LogP contribution is 2.32. The number of methoxy groups -OCH3 is 1. The molecule has 0 saturated carbocycles. The molecule has 0 spiro atoms. The van der Waals surface area contributed by atoms with Crippen LogP contribution in [-0.4, -0.2) is 28.0 Å². The van der Waals surface area contributed by atoms with Gasteiger partial charge in [0.2, 0.25) is 0 Å². The molecule has 0 fully saturated rings. The molecule has 2 N–H and O–H groups in total. The molecular formula is C15H11N3O5S. The van der Waals surface area contributed by atoms with E-state index in [0.717, 1.165) is 16.8 Å². The molecule has 1 heterocycles. The molecule has 0 aliphatic rings. The van der Waals surface area contributed by atoms with E-state index in [1.165, 1.54) is 24.5 Å². The Morgan fingerprint density at radius 3 is 2.83 bits per heavy atom. The highest BCUT2D eigenvalue weighted by Gasteiger charge is 2.17. The number of para-hydroxylation sites is 1. The first-order valence-corrected chi connectivity index (χ1v) is 7.53. The number of hydrogen-bond acceptors (Lipinski definition) is 7. The van der Waals surface area contributed by atoms with Gasteiger partial charge in [-0.25, -0.2) is 4.98 Å². The fraction of sp³-hybridized carbons (Fsp3) is 0.0667. The number of hydrogen-bond donors (Lipinski definition) is 2. The second-order valence-corrected chi connectivity index (χ2v) is 5.77. The first-order chi connectivity index (χ1) is 11.5. The maximum atomic E-state index is 12.2. The van der Waals surface area contributed by atoms with E-state index in [-0.39, 0.29) is 5.56 Å². The number of anilines is 1. The Morgan fingerprint density at radius 1 is 1.38 bits per heavy atom. The van der Waals surface area contributed by atoms with E-state index >= 15 is 0 Å². The second-order valence-electron chi connectivity index (χ2n) is 4.74. The molecule has 0 aliphatic carbocycles. The van der Waals surface area contributed by atoms with E-state index in [9.17, 15) is 20.0 Å². The number of aromatic hydroxyl groups is 1. The molecule has 122 valence electrons. The number of nitro groups is 1. The highest BCUT2D eigenvalue weighted by atomic mass is 32.1. The molecule has 2 aromatic carbocycles. The lowest BCUT2D eigenvalue weighted by molar-refractivity contribution is -0.385. The van der Waals surface area contributed by atoms with Crippen LogP contribution in [0, 0.1) is 10.1 Å². The van der Waals surface area contributed by atoms with Crippen LogP contribution < -0.4 is 10.1 Å². The van der Waals surface area contributed by atoms with Crippen molar-refractivity contribution in [1.29, 1.82) is 0 Å². The number of thiazole rings is 1. The van der Waals surface area contributed by atoms with Gasteiger partial charge in [0.15, 0.2) is 10.9 Å². The third-order valence-corrected chi connectivity index (χ3v) is 4.19. The minimum absolute atomic E-state index is 0.0873. The van der Waals surface area contributed by atoms with Crippen LogP contribution in [-0.2, 0) is 0 Å². The standard InChI is InChI=1S/C15H11N3O5S/c1-23-11-3-2-4-12-13(11)16-15(24-12)17-14(20)8-5-6-9(18(21)22)10(19)7-8/h2-7,19H,1H3,(H,16,17,20). The van der Waals surface area contributed by atoms with Crippen molar-refractivity contribution in [2.75, 3.05) is 12.4 Å². The predicted octanol–water partition coefficient (Wildman–Crippen LogP) is 3.17. The van der Waals surface area contributed by atoms with E-state index in [0.29, 0.717) is 16.4 Å². The predicted molar refractivity (Wildman–Crippen MR) is 88.9 cm³/mol. The third-order valence-electron chi connectivity index (χ3n) is 3.26. The van der Waals surface area contributed by atoms with Gasteiger partial charge < -0.3 is 9.84 Å². The van der Waals surface area contributed by atoms with Gasteiger partial charge >= 0.3 is 5.69 Å². The number of nitrogens with one attached hydrogen (secondary N) is 1. The summed E-state index contributed by atoms with van der Waals surface area (Å²) in [5, 5.41) is 23.3. The summed E-state index contributed by atoms with van der Waals surface area (Å²) in [6.45, 7) is 0. The first kappa shape index (κ1) is 15.7. The second kappa shape index (κ2) is 6.13. The van der Waals surface area contributed by atoms with Gasteiger partial charge in [0.25, 0.3) is 5.91 Å². The Kier molecular flexibility index (Phi) is 4.00. The van der Waals surface area contributed by atoms with Crippen LogP contribution in [0.25, 0.3) is 10.2 Å². The van der Waals surface area contributed by atoms with Gasteiger partial charge in [0.05, 0.1) is 16.7 Å². The van der Waals surface area contributed by atoms with Gasteiger partial charge in [-0.05, 0) is 24.3 Å². The summed E-state index contributed by atoms with van der Waals surface area (Å²) in [4.78, 5) is 26.5. The largest absolute Gasteiger partial charge is 0.502 e. The maximum absolute atomic E-state index is 12.2. The number of carbonyl (C=O) groups is 1. The number of fused-ring (bicyclic) bond motifs is 1. The molecule has 3 rings (SSSR count). The van der Waals surface area contributed by atoms with E-state index in [1.54, 1.807) is 6.07 Å². The van der Waals surface area contributed by atoms with E-state index in [4.69, 9.17) is 4.74 Å². The Balaban J connectivity index is 1.87. The van der Waals surface area contributed by atoms with Crippen LogP contribution in [0.5, 0.6) is 11.5 Å².